The number of hydrogen-bond acceptors (Lipinski definition) is 4. The third-order valence-electron chi connectivity index (χ3n) is 4.14. The van der Waals surface area contributed by atoms with Gasteiger partial charge in [-0.3, -0.25) is 9.88 Å². The Morgan fingerprint density at radius 3 is 2.72 bits per heavy atom. The molecule has 1 aromatic rings. The zero-order chi connectivity index (χ0) is 12.8. The topological polar surface area (TPSA) is 36.4 Å². The Bertz CT molecular complexity index is 321. The first-order chi connectivity index (χ1) is 8.83. The maximum Gasteiger partial charge on any atom is 0.0794 e. The van der Waals surface area contributed by atoms with E-state index in [1.807, 2.05) is 11.7 Å². The molecule has 102 valence electrons. The van der Waals surface area contributed by atoms with Crippen LogP contribution in [0, 0.1) is 5.92 Å². The summed E-state index contributed by atoms with van der Waals surface area (Å²) in [5.74, 6) is 0.931. The molecule has 1 saturated carbocycles. The quantitative estimate of drug-likeness (QED) is 0.862. The van der Waals surface area contributed by atoms with Crippen LogP contribution in [0.1, 0.15) is 43.9 Å². The van der Waals surface area contributed by atoms with Crippen molar-refractivity contribution in [1.29, 1.82) is 0 Å². The fourth-order valence-corrected chi connectivity index (χ4v) is 3.58. The van der Waals surface area contributed by atoms with E-state index >= 15 is 0 Å². The van der Waals surface area contributed by atoms with Gasteiger partial charge >= 0.3 is 0 Å². The Hall–Kier alpha value is -0.450. The van der Waals surface area contributed by atoms with Crippen molar-refractivity contribution in [2.45, 2.75) is 51.6 Å². The second-order valence-electron chi connectivity index (χ2n) is 5.24. The molecule has 0 radical (unpaired) electrons. The summed E-state index contributed by atoms with van der Waals surface area (Å²) in [6.07, 6.45) is 8.56. The van der Waals surface area contributed by atoms with Crippen LogP contribution < -0.4 is 0 Å². The maximum absolute atomic E-state index is 9.24. The van der Waals surface area contributed by atoms with Crippen molar-refractivity contribution in [3.8, 4) is 0 Å². The summed E-state index contributed by atoms with van der Waals surface area (Å²) in [6, 6.07) is 0.655. The number of aliphatic hydroxyl groups excluding tert-OH is 1. The van der Waals surface area contributed by atoms with Crippen molar-refractivity contribution in [2.75, 3.05) is 13.2 Å². The van der Waals surface area contributed by atoms with Crippen LogP contribution >= 0.6 is 11.3 Å². The second kappa shape index (κ2) is 7.22. The van der Waals surface area contributed by atoms with Crippen molar-refractivity contribution in [3.05, 3.63) is 16.6 Å². The third kappa shape index (κ3) is 3.77. The molecule has 0 aromatic carbocycles. The van der Waals surface area contributed by atoms with Crippen LogP contribution in [-0.4, -0.2) is 34.2 Å². The summed E-state index contributed by atoms with van der Waals surface area (Å²) in [5.41, 5.74) is 1.89. The molecule has 0 unspecified atom stereocenters. The van der Waals surface area contributed by atoms with E-state index in [1.165, 1.54) is 37.0 Å². The number of thiazole rings is 1. The lowest BCUT2D eigenvalue weighted by atomic mass is 9.84. The van der Waals surface area contributed by atoms with Crippen LogP contribution in [0.2, 0.25) is 0 Å². The van der Waals surface area contributed by atoms with Gasteiger partial charge in [0.25, 0.3) is 0 Å². The summed E-state index contributed by atoms with van der Waals surface area (Å²) in [4.78, 5) is 7.89. The molecular formula is C14H24N2OS. The molecule has 1 fully saturated rings. The fourth-order valence-electron chi connectivity index (χ4n) is 2.96. The maximum atomic E-state index is 9.24. The van der Waals surface area contributed by atoms with Crippen LogP contribution in [0.4, 0.5) is 0 Å². The molecule has 0 spiro atoms. The van der Waals surface area contributed by atoms with Crippen molar-refractivity contribution in [1.82, 2.24) is 9.88 Å². The van der Waals surface area contributed by atoms with Gasteiger partial charge in [-0.2, -0.15) is 0 Å². The summed E-state index contributed by atoms with van der Waals surface area (Å²) >= 11 is 1.71. The summed E-state index contributed by atoms with van der Waals surface area (Å²) in [5, 5.41) is 9.24. The van der Waals surface area contributed by atoms with E-state index in [0.29, 0.717) is 6.04 Å². The highest BCUT2D eigenvalue weighted by molar-refractivity contribution is 7.09. The predicted octanol–water partition coefficient (Wildman–Crippen LogP) is 2.91. The van der Waals surface area contributed by atoms with E-state index in [0.717, 1.165) is 19.0 Å². The highest BCUT2D eigenvalue weighted by atomic mass is 32.1. The molecule has 1 aromatic heterocycles. The average Bonchev–Trinajstić information content (AvgIpc) is 2.91. The third-order valence-corrected chi connectivity index (χ3v) is 4.90. The van der Waals surface area contributed by atoms with Gasteiger partial charge in [0, 0.05) is 30.2 Å². The van der Waals surface area contributed by atoms with E-state index < -0.39 is 0 Å². The standard InChI is InChI=1S/C14H24N2OS/c1-2-12-3-5-13(6-4-12)16(7-8-17)10-14-9-15-11-18-14/h9,11-13,17H,2-8,10H2,1H3. The number of aliphatic hydroxyl groups is 1. The van der Waals surface area contributed by atoms with Crippen LogP contribution in [-0.2, 0) is 6.54 Å². The van der Waals surface area contributed by atoms with Crippen LogP contribution in [0.25, 0.3) is 0 Å². The van der Waals surface area contributed by atoms with Gasteiger partial charge in [0.1, 0.15) is 0 Å². The van der Waals surface area contributed by atoms with Crippen molar-refractivity contribution < 1.29 is 5.11 Å². The SMILES string of the molecule is CCC1CCC(N(CCO)Cc2cncs2)CC1. The first-order valence-corrected chi connectivity index (χ1v) is 7.93. The molecule has 0 bridgehead atoms. The predicted molar refractivity (Wildman–Crippen MR) is 75.6 cm³/mol. The van der Waals surface area contributed by atoms with Crippen LogP contribution in [0.5, 0.6) is 0 Å². The van der Waals surface area contributed by atoms with E-state index in [9.17, 15) is 5.11 Å². The Kier molecular flexibility index (Phi) is 5.60. The number of hydrogen-bond donors (Lipinski definition) is 1. The molecule has 1 aliphatic rings. The van der Waals surface area contributed by atoms with Crippen LogP contribution in [0.15, 0.2) is 11.7 Å². The molecule has 0 aliphatic heterocycles. The molecule has 0 amide bonds. The van der Waals surface area contributed by atoms with Gasteiger partial charge in [-0.15, -0.1) is 11.3 Å². The summed E-state index contributed by atoms with van der Waals surface area (Å²) in [6.45, 7) is 4.30. The van der Waals surface area contributed by atoms with Gasteiger partial charge in [-0.05, 0) is 31.6 Å². The highest BCUT2D eigenvalue weighted by Gasteiger charge is 2.25. The normalized spacial score (nSPS) is 24.6. The van der Waals surface area contributed by atoms with E-state index in [-0.39, 0.29) is 6.61 Å². The lowest BCUT2D eigenvalue weighted by molar-refractivity contribution is 0.104. The van der Waals surface area contributed by atoms with Crippen molar-refractivity contribution in [2.24, 2.45) is 5.92 Å². The Morgan fingerprint density at radius 1 is 1.39 bits per heavy atom. The molecule has 1 heterocycles. The lowest BCUT2D eigenvalue weighted by Crippen LogP contribution is -2.39. The molecular weight excluding hydrogens is 244 g/mol. The summed E-state index contributed by atoms with van der Waals surface area (Å²) < 4.78 is 0. The molecule has 18 heavy (non-hydrogen) atoms. The largest absolute Gasteiger partial charge is 0.395 e. The van der Waals surface area contributed by atoms with Gasteiger partial charge in [0.2, 0.25) is 0 Å². The van der Waals surface area contributed by atoms with E-state index in [1.54, 1.807) is 11.3 Å². The lowest BCUT2D eigenvalue weighted by Gasteiger charge is -2.36. The smallest absolute Gasteiger partial charge is 0.0794 e. The number of rotatable bonds is 6. The van der Waals surface area contributed by atoms with Crippen molar-refractivity contribution in [3.63, 3.8) is 0 Å². The zero-order valence-electron chi connectivity index (χ0n) is 11.2. The Morgan fingerprint density at radius 2 is 2.17 bits per heavy atom. The van der Waals surface area contributed by atoms with Gasteiger partial charge < -0.3 is 5.11 Å². The first-order valence-electron chi connectivity index (χ1n) is 7.05. The average molecular weight is 268 g/mol. The first kappa shape index (κ1) is 14.0. The summed E-state index contributed by atoms with van der Waals surface area (Å²) in [7, 11) is 0. The van der Waals surface area contributed by atoms with Gasteiger partial charge in [0.15, 0.2) is 0 Å². The second-order valence-corrected chi connectivity index (χ2v) is 6.22. The number of aromatic nitrogens is 1. The van der Waals surface area contributed by atoms with E-state index in [2.05, 4.69) is 16.8 Å². The molecule has 0 atom stereocenters. The van der Waals surface area contributed by atoms with Gasteiger partial charge in [-0.1, -0.05) is 13.3 Å². The van der Waals surface area contributed by atoms with E-state index in [4.69, 9.17) is 0 Å². The van der Waals surface area contributed by atoms with Gasteiger partial charge in [0.05, 0.1) is 12.1 Å². The minimum atomic E-state index is 0.256. The van der Waals surface area contributed by atoms with Crippen LogP contribution in [0.3, 0.4) is 0 Å². The molecule has 2 rings (SSSR count). The zero-order valence-corrected chi connectivity index (χ0v) is 12.0. The number of nitrogens with zero attached hydrogens (tertiary/aromatic N) is 2. The molecule has 1 aliphatic carbocycles. The molecule has 1 N–H and O–H groups in total. The monoisotopic (exact) mass is 268 g/mol. The van der Waals surface area contributed by atoms with Crippen molar-refractivity contribution >= 4 is 11.3 Å². The molecule has 4 heteroatoms. The highest BCUT2D eigenvalue weighted by Crippen LogP contribution is 2.30. The fraction of sp³-hybridized carbons (Fsp3) is 0.786. The van der Waals surface area contributed by atoms with Gasteiger partial charge in [-0.25, -0.2) is 0 Å². The Balaban J connectivity index is 1.89. The minimum absolute atomic E-state index is 0.256. The molecule has 3 nitrogen and oxygen atoms in total. The minimum Gasteiger partial charge on any atom is -0.395 e. The molecule has 0 saturated heterocycles. The Labute approximate surface area is 114 Å².